The Morgan fingerprint density at radius 2 is 1.55 bits per heavy atom. The first-order valence-corrected chi connectivity index (χ1v) is 11.2. The molecule has 0 aromatic heterocycles. The second-order valence-corrected chi connectivity index (χ2v) is 8.75. The molecule has 0 amide bonds. The second-order valence-electron chi connectivity index (χ2n) is 8.75. The van der Waals surface area contributed by atoms with Gasteiger partial charge in [0.1, 0.15) is 5.75 Å². The minimum Gasteiger partial charge on any atom is -0.508 e. The lowest BCUT2D eigenvalue weighted by Crippen LogP contribution is -2.09. The van der Waals surface area contributed by atoms with Crippen molar-refractivity contribution in [2.45, 2.75) is 57.3 Å². The van der Waals surface area contributed by atoms with E-state index in [4.69, 9.17) is 0 Å². The quantitative estimate of drug-likeness (QED) is 0.338. The van der Waals surface area contributed by atoms with Crippen LogP contribution in [0, 0.1) is 10.1 Å². The fourth-order valence-corrected chi connectivity index (χ4v) is 4.79. The summed E-state index contributed by atoms with van der Waals surface area (Å²) >= 11 is 0. The summed E-state index contributed by atoms with van der Waals surface area (Å²) in [6.07, 6.45) is 7.26. The summed E-state index contributed by atoms with van der Waals surface area (Å²) in [7, 11) is 0. The Morgan fingerprint density at radius 3 is 2.16 bits per heavy atom. The van der Waals surface area contributed by atoms with Crippen LogP contribution in [0.4, 0.5) is 5.69 Å². The van der Waals surface area contributed by atoms with Gasteiger partial charge in [0.2, 0.25) is 0 Å². The first-order valence-electron chi connectivity index (χ1n) is 11.2. The van der Waals surface area contributed by atoms with Crippen LogP contribution in [0.3, 0.4) is 0 Å². The number of non-ortho nitro benzene ring substituents is 1. The standard InChI is InChI=1S/C27H29NO3/c1-19(17-24-13-16-26(29)18-27(24)23-5-3-2-4-6-23)20-7-9-21(10-8-20)22-11-14-25(15-12-22)28(30)31/h7-16,18-19,23,29H,2-6,17H2,1H3. The number of phenolic OH excluding ortho intramolecular Hbond substituents is 1. The highest BCUT2D eigenvalue weighted by atomic mass is 16.6. The third kappa shape index (κ3) is 4.96. The van der Waals surface area contributed by atoms with Crippen LogP contribution in [-0.4, -0.2) is 10.0 Å². The molecule has 31 heavy (non-hydrogen) atoms. The Labute approximate surface area is 183 Å². The summed E-state index contributed by atoms with van der Waals surface area (Å²) in [4.78, 5) is 10.5. The predicted molar refractivity (Wildman–Crippen MR) is 125 cm³/mol. The number of rotatable bonds is 6. The molecule has 0 aliphatic heterocycles. The van der Waals surface area contributed by atoms with E-state index in [1.54, 1.807) is 24.3 Å². The zero-order chi connectivity index (χ0) is 21.8. The molecule has 4 heteroatoms. The molecule has 1 fully saturated rings. The maximum atomic E-state index is 10.9. The van der Waals surface area contributed by atoms with E-state index < -0.39 is 0 Å². The number of phenols is 1. The van der Waals surface area contributed by atoms with Gasteiger partial charge in [-0.25, -0.2) is 0 Å². The van der Waals surface area contributed by atoms with Crippen molar-refractivity contribution in [3.05, 3.63) is 93.5 Å². The fraction of sp³-hybridized carbons (Fsp3) is 0.333. The lowest BCUT2D eigenvalue weighted by Gasteiger charge is -2.25. The molecule has 1 aliphatic rings. The van der Waals surface area contributed by atoms with Crippen molar-refractivity contribution in [3.8, 4) is 16.9 Å². The molecule has 0 bridgehead atoms. The maximum Gasteiger partial charge on any atom is 0.269 e. The van der Waals surface area contributed by atoms with Crippen LogP contribution in [-0.2, 0) is 6.42 Å². The lowest BCUT2D eigenvalue weighted by atomic mass is 9.80. The molecule has 1 atom stereocenters. The normalized spacial score (nSPS) is 15.5. The Balaban J connectivity index is 1.50. The van der Waals surface area contributed by atoms with Crippen molar-refractivity contribution >= 4 is 5.69 Å². The topological polar surface area (TPSA) is 63.4 Å². The lowest BCUT2D eigenvalue weighted by molar-refractivity contribution is -0.384. The van der Waals surface area contributed by atoms with Crippen molar-refractivity contribution in [2.75, 3.05) is 0 Å². The summed E-state index contributed by atoms with van der Waals surface area (Å²) in [5.74, 6) is 1.29. The van der Waals surface area contributed by atoms with Gasteiger partial charge in [0.25, 0.3) is 5.69 Å². The van der Waals surface area contributed by atoms with Gasteiger partial charge in [-0.2, -0.15) is 0 Å². The summed E-state index contributed by atoms with van der Waals surface area (Å²) < 4.78 is 0. The van der Waals surface area contributed by atoms with Gasteiger partial charge in [0.05, 0.1) is 4.92 Å². The van der Waals surface area contributed by atoms with Gasteiger partial charge in [0.15, 0.2) is 0 Å². The smallest absolute Gasteiger partial charge is 0.269 e. The van der Waals surface area contributed by atoms with Gasteiger partial charge in [-0.3, -0.25) is 10.1 Å². The number of nitro benzene ring substituents is 1. The van der Waals surface area contributed by atoms with E-state index in [0.717, 1.165) is 17.5 Å². The zero-order valence-corrected chi connectivity index (χ0v) is 18.0. The van der Waals surface area contributed by atoms with Crippen molar-refractivity contribution < 1.29 is 10.0 Å². The zero-order valence-electron chi connectivity index (χ0n) is 18.0. The predicted octanol–water partition coefficient (Wildman–Crippen LogP) is 7.36. The molecule has 3 aromatic carbocycles. The fourth-order valence-electron chi connectivity index (χ4n) is 4.79. The molecule has 3 aromatic rings. The van der Waals surface area contributed by atoms with E-state index in [9.17, 15) is 15.2 Å². The van der Waals surface area contributed by atoms with Crippen LogP contribution in [0.2, 0.25) is 0 Å². The number of nitrogens with zero attached hydrogens (tertiary/aromatic N) is 1. The minimum absolute atomic E-state index is 0.108. The average Bonchev–Trinajstić information content (AvgIpc) is 2.81. The van der Waals surface area contributed by atoms with Crippen LogP contribution >= 0.6 is 0 Å². The molecule has 160 valence electrons. The Bertz CT molecular complexity index is 1040. The van der Waals surface area contributed by atoms with E-state index in [2.05, 4.69) is 37.3 Å². The number of nitro groups is 1. The molecule has 0 saturated heterocycles. The Morgan fingerprint density at radius 1 is 0.935 bits per heavy atom. The molecule has 0 heterocycles. The molecule has 1 unspecified atom stereocenters. The van der Waals surface area contributed by atoms with Crippen molar-refractivity contribution in [1.29, 1.82) is 0 Å². The number of hydrogen-bond acceptors (Lipinski definition) is 3. The third-order valence-corrected chi connectivity index (χ3v) is 6.59. The Hall–Kier alpha value is -3.14. The summed E-state index contributed by atoms with van der Waals surface area (Å²) in [6.45, 7) is 2.25. The highest BCUT2D eigenvalue weighted by Gasteiger charge is 2.20. The van der Waals surface area contributed by atoms with Crippen LogP contribution < -0.4 is 0 Å². The van der Waals surface area contributed by atoms with Crippen molar-refractivity contribution in [1.82, 2.24) is 0 Å². The molecule has 1 saturated carbocycles. The minimum atomic E-state index is -0.376. The van der Waals surface area contributed by atoms with Gasteiger partial charge < -0.3 is 5.11 Å². The first-order chi connectivity index (χ1) is 15.0. The molecular formula is C27H29NO3. The highest BCUT2D eigenvalue weighted by Crippen LogP contribution is 2.37. The van der Waals surface area contributed by atoms with E-state index in [-0.39, 0.29) is 10.6 Å². The maximum absolute atomic E-state index is 10.9. The second kappa shape index (κ2) is 9.34. The van der Waals surface area contributed by atoms with Gasteiger partial charge in [-0.05, 0) is 83.2 Å². The third-order valence-electron chi connectivity index (χ3n) is 6.59. The summed E-state index contributed by atoms with van der Waals surface area (Å²) in [5, 5.41) is 20.9. The van der Waals surface area contributed by atoms with E-state index in [1.165, 1.54) is 48.8 Å². The van der Waals surface area contributed by atoms with E-state index >= 15 is 0 Å². The molecule has 4 nitrogen and oxygen atoms in total. The highest BCUT2D eigenvalue weighted by molar-refractivity contribution is 5.65. The largest absolute Gasteiger partial charge is 0.508 e. The van der Waals surface area contributed by atoms with Gasteiger partial charge >= 0.3 is 0 Å². The van der Waals surface area contributed by atoms with Crippen molar-refractivity contribution in [3.63, 3.8) is 0 Å². The molecule has 0 spiro atoms. The van der Waals surface area contributed by atoms with Gasteiger partial charge in [-0.15, -0.1) is 0 Å². The van der Waals surface area contributed by atoms with E-state index in [1.807, 2.05) is 12.1 Å². The van der Waals surface area contributed by atoms with Crippen LogP contribution in [0.1, 0.15) is 67.6 Å². The molecular weight excluding hydrogens is 386 g/mol. The van der Waals surface area contributed by atoms with Gasteiger partial charge in [-0.1, -0.05) is 56.5 Å². The molecule has 0 radical (unpaired) electrons. The summed E-state index contributed by atoms with van der Waals surface area (Å²) in [6, 6.07) is 21.1. The SMILES string of the molecule is CC(Cc1ccc(O)cc1C1CCCCC1)c1ccc(-c2ccc([N+](=O)[O-])cc2)cc1. The van der Waals surface area contributed by atoms with Gasteiger partial charge in [0, 0.05) is 12.1 Å². The van der Waals surface area contributed by atoms with E-state index in [0.29, 0.717) is 17.6 Å². The molecule has 1 aliphatic carbocycles. The van der Waals surface area contributed by atoms with Crippen LogP contribution in [0.5, 0.6) is 5.75 Å². The van der Waals surface area contributed by atoms with Crippen LogP contribution in [0.25, 0.3) is 11.1 Å². The number of hydrogen-bond donors (Lipinski definition) is 1. The number of aromatic hydroxyl groups is 1. The number of benzene rings is 3. The average molecular weight is 416 g/mol. The Kier molecular flexibility index (Phi) is 6.36. The first kappa shape index (κ1) is 21.1. The monoisotopic (exact) mass is 415 g/mol. The molecule has 4 rings (SSSR count). The van der Waals surface area contributed by atoms with Crippen molar-refractivity contribution in [2.24, 2.45) is 0 Å². The molecule has 1 N–H and O–H groups in total. The summed E-state index contributed by atoms with van der Waals surface area (Å²) in [5.41, 5.74) is 6.08. The van der Waals surface area contributed by atoms with Crippen LogP contribution in [0.15, 0.2) is 66.7 Å².